The molecule has 0 unspecified atom stereocenters. The molecule has 180 valence electrons. The van der Waals surface area contributed by atoms with Gasteiger partial charge in [0.25, 0.3) is 5.91 Å². The van der Waals surface area contributed by atoms with Crippen LogP contribution in [0.15, 0.2) is 48.5 Å². The van der Waals surface area contributed by atoms with Crippen LogP contribution in [0, 0.1) is 5.92 Å². The highest BCUT2D eigenvalue weighted by molar-refractivity contribution is 5.98. The minimum absolute atomic E-state index is 0.0990. The lowest BCUT2D eigenvalue weighted by Gasteiger charge is -2.32. The quantitative estimate of drug-likeness (QED) is 0.604. The number of hydrogen-bond donors (Lipinski definition) is 1. The number of nitrogens with zero attached hydrogens (tertiary/aromatic N) is 3. The predicted octanol–water partition coefficient (Wildman–Crippen LogP) is 4.02. The van der Waals surface area contributed by atoms with Gasteiger partial charge in [-0.3, -0.25) is 9.69 Å². The van der Waals surface area contributed by atoms with Gasteiger partial charge in [-0.25, -0.2) is 0 Å². The van der Waals surface area contributed by atoms with Crippen molar-refractivity contribution in [3.63, 3.8) is 0 Å². The van der Waals surface area contributed by atoms with Crippen LogP contribution in [0.1, 0.15) is 34.5 Å². The first kappa shape index (κ1) is 22.9. The summed E-state index contributed by atoms with van der Waals surface area (Å²) in [6.45, 7) is 7.33. The van der Waals surface area contributed by atoms with Gasteiger partial charge in [-0.1, -0.05) is 24.3 Å². The predicted molar refractivity (Wildman–Crippen MR) is 136 cm³/mol. The lowest BCUT2D eigenvalue weighted by Crippen LogP contribution is -2.43. The first-order valence-corrected chi connectivity index (χ1v) is 12.5. The summed E-state index contributed by atoms with van der Waals surface area (Å²) in [7, 11) is 3.86. The van der Waals surface area contributed by atoms with Gasteiger partial charge in [0.05, 0.1) is 7.11 Å². The molecule has 2 fully saturated rings. The molecular weight excluding hydrogens is 424 g/mol. The molecule has 2 aliphatic rings. The normalized spacial score (nSPS) is 18.5. The molecule has 2 saturated heterocycles. The zero-order valence-corrected chi connectivity index (χ0v) is 20.4. The van der Waals surface area contributed by atoms with Crippen LogP contribution in [-0.2, 0) is 13.0 Å². The Morgan fingerprint density at radius 1 is 0.941 bits per heavy atom. The molecule has 1 aromatic heterocycles. The number of likely N-dealkylation sites (tertiary alicyclic amines) is 1. The summed E-state index contributed by atoms with van der Waals surface area (Å²) < 4.78 is 5.29. The fourth-order valence-electron chi connectivity index (χ4n) is 5.24. The molecule has 2 aromatic carbocycles. The van der Waals surface area contributed by atoms with Crippen molar-refractivity contribution in [3.8, 4) is 5.75 Å². The van der Waals surface area contributed by atoms with Crippen LogP contribution in [0.4, 0.5) is 0 Å². The van der Waals surface area contributed by atoms with Crippen molar-refractivity contribution >= 4 is 16.8 Å². The molecule has 3 heterocycles. The number of methoxy groups -OCH3 is 1. The van der Waals surface area contributed by atoms with E-state index in [1.807, 2.05) is 29.2 Å². The number of rotatable bonds is 6. The molecule has 0 aliphatic carbocycles. The monoisotopic (exact) mass is 460 g/mol. The van der Waals surface area contributed by atoms with Gasteiger partial charge in [0, 0.05) is 62.8 Å². The Balaban J connectivity index is 1.11. The Labute approximate surface area is 202 Å². The van der Waals surface area contributed by atoms with Gasteiger partial charge in [-0.15, -0.1) is 0 Å². The number of aromatic amines is 1. The van der Waals surface area contributed by atoms with E-state index in [0.29, 0.717) is 11.6 Å². The third-order valence-electron chi connectivity index (χ3n) is 7.51. The average Bonchev–Trinajstić information content (AvgIpc) is 3.30. The van der Waals surface area contributed by atoms with Crippen LogP contribution in [-0.4, -0.2) is 79.0 Å². The van der Waals surface area contributed by atoms with E-state index in [0.717, 1.165) is 81.7 Å². The van der Waals surface area contributed by atoms with Crippen LogP contribution in [0.3, 0.4) is 0 Å². The zero-order chi connectivity index (χ0) is 23.5. The van der Waals surface area contributed by atoms with E-state index in [1.165, 1.54) is 11.1 Å². The number of carbonyl (C=O) groups is 1. The minimum Gasteiger partial charge on any atom is -0.497 e. The number of fused-ring (bicyclic) bond motifs is 1. The molecule has 5 rings (SSSR count). The number of piperidine rings is 1. The fourth-order valence-corrected chi connectivity index (χ4v) is 5.24. The number of nitrogens with one attached hydrogen (secondary N) is 1. The summed E-state index contributed by atoms with van der Waals surface area (Å²) in [5.41, 5.74) is 4.42. The summed E-state index contributed by atoms with van der Waals surface area (Å²) in [6.07, 6.45) is 3.22. The number of ether oxygens (including phenoxy) is 1. The van der Waals surface area contributed by atoms with Gasteiger partial charge in [0.2, 0.25) is 0 Å². The highest BCUT2D eigenvalue weighted by Crippen LogP contribution is 2.25. The number of amides is 1. The second-order valence-corrected chi connectivity index (χ2v) is 9.97. The lowest BCUT2D eigenvalue weighted by atomic mass is 9.90. The SMILES string of the molecule is COc1ccc2cc(C(=O)N3CCC(Cc4ccc(CN5CCN(C)CC5)cc4)CC3)[nH]c2c1. The Kier molecular flexibility index (Phi) is 6.88. The molecule has 2 aliphatic heterocycles. The molecule has 34 heavy (non-hydrogen) atoms. The van der Waals surface area contributed by atoms with Crippen LogP contribution < -0.4 is 4.74 Å². The lowest BCUT2D eigenvalue weighted by molar-refractivity contribution is 0.0685. The summed E-state index contributed by atoms with van der Waals surface area (Å²) >= 11 is 0. The van der Waals surface area contributed by atoms with E-state index in [2.05, 4.69) is 46.1 Å². The smallest absolute Gasteiger partial charge is 0.270 e. The first-order valence-electron chi connectivity index (χ1n) is 12.5. The largest absolute Gasteiger partial charge is 0.497 e. The summed E-state index contributed by atoms with van der Waals surface area (Å²) in [5.74, 6) is 1.53. The maximum Gasteiger partial charge on any atom is 0.270 e. The maximum atomic E-state index is 13.1. The number of benzene rings is 2. The number of H-pyrrole nitrogens is 1. The summed E-state index contributed by atoms with van der Waals surface area (Å²) in [4.78, 5) is 23.3. The number of piperazine rings is 1. The van der Waals surface area contributed by atoms with Crippen LogP contribution in [0.25, 0.3) is 10.9 Å². The molecule has 1 N–H and O–H groups in total. The topological polar surface area (TPSA) is 51.8 Å². The second-order valence-electron chi connectivity index (χ2n) is 9.97. The highest BCUT2D eigenvalue weighted by Gasteiger charge is 2.25. The molecule has 0 bridgehead atoms. The highest BCUT2D eigenvalue weighted by atomic mass is 16.5. The van der Waals surface area contributed by atoms with Crippen molar-refractivity contribution in [1.82, 2.24) is 19.7 Å². The van der Waals surface area contributed by atoms with E-state index in [4.69, 9.17) is 4.74 Å². The molecule has 0 radical (unpaired) electrons. The van der Waals surface area contributed by atoms with E-state index in [1.54, 1.807) is 7.11 Å². The molecular formula is C28H36N4O2. The Morgan fingerprint density at radius 3 is 2.35 bits per heavy atom. The molecule has 0 atom stereocenters. The standard InChI is InChI=1S/C28H36N4O2/c1-30-13-15-31(16-14-30)20-23-5-3-21(4-6-23)17-22-9-11-32(12-10-22)28(33)27-18-24-7-8-25(34-2)19-26(24)29-27/h3-8,18-19,22,29H,9-17,20H2,1-2H3. The molecule has 1 amide bonds. The van der Waals surface area contributed by atoms with E-state index < -0.39 is 0 Å². The van der Waals surface area contributed by atoms with Gasteiger partial charge < -0.3 is 19.5 Å². The van der Waals surface area contributed by atoms with Gasteiger partial charge in [0.1, 0.15) is 11.4 Å². The van der Waals surface area contributed by atoms with Crippen molar-refractivity contribution in [2.24, 2.45) is 5.92 Å². The van der Waals surface area contributed by atoms with Gasteiger partial charge in [0.15, 0.2) is 0 Å². The van der Waals surface area contributed by atoms with E-state index in [-0.39, 0.29) is 5.91 Å². The van der Waals surface area contributed by atoms with Crippen LogP contribution in [0.5, 0.6) is 5.75 Å². The summed E-state index contributed by atoms with van der Waals surface area (Å²) in [5, 5.41) is 1.04. The molecule has 0 saturated carbocycles. The van der Waals surface area contributed by atoms with Crippen molar-refractivity contribution < 1.29 is 9.53 Å². The van der Waals surface area contributed by atoms with E-state index in [9.17, 15) is 4.79 Å². The minimum atomic E-state index is 0.0990. The van der Waals surface area contributed by atoms with Crippen molar-refractivity contribution in [1.29, 1.82) is 0 Å². The Bertz CT molecular complexity index is 1110. The number of aromatic nitrogens is 1. The molecule has 0 spiro atoms. The van der Waals surface area contributed by atoms with Crippen LogP contribution in [0.2, 0.25) is 0 Å². The van der Waals surface area contributed by atoms with Crippen molar-refractivity contribution in [3.05, 3.63) is 65.4 Å². The van der Waals surface area contributed by atoms with E-state index >= 15 is 0 Å². The second kappa shape index (κ2) is 10.2. The summed E-state index contributed by atoms with van der Waals surface area (Å²) in [6, 6.07) is 17.0. The maximum absolute atomic E-state index is 13.1. The fraction of sp³-hybridized carbons (Fsp3) is 0.464. The molecule has 6 nitrogen and oxygen atoms in total. The van der Waals surface area contributed by atoms with Crippen molar-refractivity contribution in [2.45, 2.75) is 25.8 Å². The van der Waals surface area contributed by atoms with Gasteiger partial charge in [-0.05, 0) is 61.6 Å². The van der Waals surface area contributed by atoms with Gasteiger partial charge >= 0.3 is 0 Å². The first-order chi connectivity index (χ1) is 16.6. The Morgan fingerprint density at radius 2 is 1.65 bits per heavy atom. The van der Waals surface area contributed by atoms with Crippen LogP contribution >= 0.6 is 0 Å². The molecule has 3 aromatic rings. The number of carbonyl (C=O) groups excluding carboxylic acids is 1. The van der Waals surface area contributed by atoms with Crippen molar-refractivity contribution in [2.75, 3.05) is 53.4 Å². The molecule has 6 heteroatoms. The zero-order valence-electron chi connectivity index (χ0n) is 20.4. The third-order valence-corrected chi connectivity index (χ3v) is 7.51. The number of likely N-dealkylation sites (N-methyl/N-ethyl adjacent to an activating group) is 1. The third kappa shape index (κ3) is 5.29. The Hall–Kier alpha value is -2.83. The number of hydrogen-bond acceptors (Lipinski definition) is 4. The van der Waals surface area contributed by atoms with Gasteiger partial charge in [-0.2, -0.15) is 0 Å². The average molecular weight is 461 g/mol.